The standard InChI is InChI=1S/C21H18N2O4/c1-15-19(8-5-9-20(15)23(25)26)22-21(24)14-27-18-12-10-17(11-13-18)16-6-3-2-4-7-16/h2-13H,14H2,1H3,(H,22,24). The van der Waals surface area contributed by atoms with Gasteiger partial charge in [-0.3, -0.25) is 14.9 Å². The number of carbonyl (C=O) groups is 1. The molecule has 6 heteroatoms. The maximum Gasteiger partial charge on any atom is 0.274 e. The lowest BCUT2D eigenvalue weighted by molar-refractivity contribution is -0.385. The highest BCUT2D eigenvalue weighted by atomic mass is 16.6. The van der Waals surface area contributed by atoms with Gasteiger partial charge in [0.2, 0.25) is 0 Å². The molecule has 0 saturated carbocycles. The second kappa shape index (κ2) is 8.14. The zero-order chi connectivity index (χ0) is 19.2. The summed E-state index contributed by atoms with van der Waals surface area (Å²) in [6, 6.07) is 21.9. The van der Waals surface area contributed by atoms with Gasteiger partial charge in [-0.05, 0) is 36.2 Å². The van der Waals surface area contributed by atoms with Crippen LogP contribution in [0, 0.1) is 17.0 Å². The summed E-state index contributed by atoms with van der Waals surface area (Å²) in [7, 11) is 0. The van der Waals surface area contributed by atoms with Crippen LogP contribution in [-0.4, -0.2) is 17.4 Å². The van der Waals surface area contributed by atoms with E-state index in [1.807, 2.05) is 42.5 Å². The highest BCUT2D eigenvalue weighted by Crippen LogP contribution is 2.25. The van der Waals surface area contributed by atoms with Crippen molar-refractivity contribution in [2.24, 2.45) is 0 Å². The Kier molecular flexibility index (Phi) is 5.47. The van der Waals surface area contributed by atoms with Crippen molar-refractivity contribution in [1.29, 1.82) is 0 Å². The van der Waals surface area contributed by atoms with Gasteiger partial charge in [-0.2, -0.15) is 0 Å². The summed E-state index contributed by atoms with van der Waals surface area (Å²) in [6.45, 7) is 1.41. The third-order valence-corrected chi connectivity index (χ3v) is 4.11. The summed E-state index contributed by atoms with van der Waals surface area (Å²) in [6.07, 6.45) is 0. The summed E-state index contributed by atoms with van der Waals surface area (Å²) in [4.78, 5) is 22.6. The van der Waals surface area contributed by atoms with Gasteiger partial charge in [0.25, 0.3) is 11.6 Å². The second-order valence-electron chi connectivity index (χ2n) is 5.93. The van der Waals surface area contributed by atoms with Crippen LogP contribution in [0.25, 0.3) is 11.1 Å². The van der Waals surface area contributed by atoms with Crippen LogP contribution in [0.4, 0.5) is 11.4 Å². The van der Waals surface area contributed by atoms with Gasteiger partial charge in [0.15, 0.2) is 6.61 Å². The predicted molar refractivity (Wildman–Crippen MR) is 104 cm³/mol. The van der Waals surface area contributed by atoms with Crippen LogP contribution < -0.4 is 10.1 Å². The van der Waals surface area contributed by atoms with Crippen molar-refractivity contribution in [2.75, 3.05) is 11.9 Å². The predicted octanol–water partition coefficient (Wildman–Crippen LogP) is 4.59. The molecule has 3 rings (SSSR count). The zero-order valence-corrected chi connectivity index (χ0v) is 14.7. The Labute approximate surface area is 156 Å². The van der Waals surface area contributed by atoms with Crippen LogP contribution in [0.15, 0.2) is 72.8 Å². The molecule has 0 aliphatic carbocycles. The van der Waals surface area contributed by atoms with E-state index in [-0.39, 0.29) is 18.2 Å². The summed E-state index contributed by atoms with van der Waals surface area (Å²) < 4.78 is 5.50. The third kappa shape index (κ3) is 4.49. The minimum atomic E-state index is -0.476. The molecule has 27 heavy (non-hydrogen) atoms. The lowest BCUT2D eigenvalue weighted by atomic mass is 10.1. The van der Waals surface area contributed by atoms with Crippen molar-refractivity contribution in [1.82, 2.24) is 0 Å². The Bertz CT molecular complexity index is 954. The summed E-state index contributed by atoms with van der Waals surface area (Å²) in [5, 5.41) is 13.6. The van der Waals surface area contributed by atoms with E-state index in [9.17, 15) is 14.9 Å². The minimum Gasteiger partial charge on any atom is -0.484 e. The fraction of sp³-hybridized carbons (Fsp3) is 0.0952. The number of nitrogens with zero attached hydrogens (tertiary/aromatic N) is 1. The minimum absolute atomic E-state index is 0.0368. The number of nitrogens with one attached hydrogen (secondary N) is 1. The molecule has 136 valence electrons. The molecule has 1 amide bonds. The number of ether oxygens (including phenoxy) is 1. The third-order valence-electron chi connectivity index (χ3n) is 4.11. The van der Waals surface area contributed by atoms with Crippen molar-refractivity contribution in [3.8, 4) is 16.9 Å². The molecule has 0 saturated heterocycles. The number of hydrogen-bond donors (Lipinski definition) is 1. The molecule has 0 aliphatic heterocycles. The molecule has 0 aliphatic rings. The Morgan fingerprint density at radius 2 is 1.63 bits per heavy atom. The first-order valence-corrected chi connectivity index (χ1v) is 8.37. The van der Waals surface area contributed by atoms with Gasteiger partial charge < -0.3 is 10.1 Å². The first-order valence-electron chi connectivity index (χ1n) is 8.37. The number of hydrogen-bond acceptors (Lipinski definition) is 4. The van der Waals surface area contributed by atoms with Crippen molar-refractivity contribution in [2.45, 2.75) is 6.92 Å². The number of nitro groups is 1. The van der Waals surface area contributed by atoms with Gasteiger partial charge in [-0.1, -0.05) is 48.5 Å². The first-order chi connectivity index (χ1) is 13.0. The van der Waals surface area contributed by atoms with Gasteiger partial charge in [0.05, 0.1) is 16.2 Å². The van der Waals surface area contributed by atoms with Gasteiger partial charge >= 0.3 is 0 Å². The van der Waals surface area contributed by atoms with E-state index in [2.05, 4.69) is 5.32 Å². The van der Waals surface area contributed by atoms with E-state index in [1.54, 1.807) is 25.1 Å². The molecule has 6 nitrogen and oxygen atoms in total. The number of rotatable bonds is 6. The van der Waals surface area contributed by atoms with E-state index >= 15 is 0 Å². The second-order valence-corrected chi connectivity index (χ2v) is 5.93. The topological polar surface area (TPSA) is 81.5 Å². The zero-order valence-electron chi connectivity index (χ0n) is 14.7. The van der Waals surface area contributed by atoms with Crippen LogP contribution in [0.3, 0.4) is 0 Å². The molecular weight excluding hydrogens is 344 g/mol. The lowest BCUT2D eigenvalue weighted by Crippen LogP contribution is -2.20. The van der Waals surface area contributed by atoms with E-state index < -0.39 is 4.92 Å². The molecule has 0 atom stereocenters. The molecule has 3 aromatic carbocycles. The number of benzene rings is 3. The molecule has 3 aromatic rings. The van der Waals surface area contributed by atoms with E-state index in [1.165, 1.54) is 12.1 Å². The molecular formula is C21H18N2O4. The molecule has 0 bridgehead atoms. The molecule has 0 unspecified atom stereocenters. The monoisotopic (exact) mass is 362 g/mol. The Morgan fingerprint density at radius 3 is 2.30 bits per heavy atom. The fourth-order valence-electron chi connectivity index (χ4n) is 2.67. The largest absolute Gasteiger partial charge is 0.484 e. The highest BCUT2D eigenvalue weighted by Gasteiger charge is 2.15. The maximum absolute atomic E-state index is 12.1. The summed E-state index contributed by atoms with van der Waals surface area (Å²) in [5.74, 6) is 0.186. The number of amides is 1. The van der Waals surface area contributed by atoms with Crippen molar-refractivity contribution in [3.63, 3.8) is 0 Å². The van der Waals surface area contributed by atoms with E-state index in [0.29, 0.717) is 17.0 Å². The summed E-state index contributed by atoms with van der Waals surface area (Å²) >= 11 is 0. The Hall–Kier alpha value is -3.67. The normalized spacial score (nSPS) is 10.3. The SMILES string of the molecule is Cc1c(NC(=O)COc2ccc(-c3ccccc3)cc2)cccc1[N+](=O)[O-]. The van der Waals surface area contributed by atoms with E-state index in [4.69, 9.17) is 4.74 Å². The Morgan fingerprint density at radius 1 is 0.963 bits per heavy atom. The van der Waals surface area contributed by atoms with Crippen LogP contribution in [0.1, 0.15) is 5.56 Å². The van der Waals surface area contributed by atoms with Crippen molar-refractivity contribution >= 4 is 17.3 Å². The Balaban J connectivity index is 1.60. The number of nitro benzene ring substituents is 1. The fourth-order valence-corrected chi connectivity index (χ4v) is 2.67. The van der Waals surface area contributed by atoms with Crippen LogP contribution in [0.2, 0.25) is 0 Å². The molecule has 0 heterocycles. The molecule has 0 fully saturated rings. The maximum atomic E-state index is 12.1. The first kappa shape index (κ1) is 18.1. The highest BCUT2D eigenvalue weighted by molar-refractivity contribution is 5.93. The van der Waals surface area contributed by atoms with Crippen molar-refractivity contribution < 1.29 is 14.5 Å². The number of anilines is 1. The van der Waals surface area contributed by atoms with Crippen LogP contribution in [0.5, 0.6) is 5.75 Å². The lowest BCUT2D eigenvalue weighted by Gasteiger charge is -2.10. The number of carbonyl (C=O) groups excluding carboxylic acids is 1. The van der Waals surface area contributed by atoms with Crippen LogP contribution in [-0.2, 0) is 4.79 Å². The van der Waals surface area contributed by atoms with Gasteiger partial charge in [0.1, 0.15) is 5.75 Å². The molecule has 0 spiro atoms. The average Bonchev–Trinajstić information content (AvgIpc) is 2.69. The molecule has 0 radical (unpaired) electrons. The molecule has 0 aromatic heterocycles. The van der Waals surface area contributed by atoms with Gasteiger partial charge in [0, 0.05) is 6.07 Å². The molecule has 1 N–H and O–H groups in total. The van der Waals surface area contributed by atoms with Crippen LogP contribution >= 0.6 is 0 Å². The van der Waals surface area contributed by atoms with Gasteiger partial charge in [-0.15, -0.1) is 0 Å². The summed E-state index contributed by atoms with van der Waals surface area (Å²) in [5.41, 5.74) is 2.92. The van der Waals surface area contributed by atoms with Crippen molar-refractivity contribution in [3.05, 3.63) is 88.5 Å². The van der Waals surface area contributed by atoms with E-state index in [0.717, 1.165) is 11.1 Å². The quantitative estimate of drug-likeness (QED) is 0.514. The smallest absolute Gasteiger partial charge is 0.274 e. The average molecular weight is 362 g/mol. The van der Waals surface area contributed by atoms with Gasteiger partial charge in [-0.25, -0.2) is 0 Å².